The molecule has 18 heavy (non-hydrogen) atoms. The summed E-state index contributed by atoms with van der Waals surface area (Å²) in [4.78, 5) is 7.68. The summed E-state index contributed by atoms with van der Waals surface area (Å²) >= 11 is 0. The zero-order chi connectivity index (χ0) is 12.4. The highest BCUT2D eigenvalue weighted by molar-refractivity contribution is 6.02. The predicted molar refractivity (Wildman–Crippen MR) is 72.3 cm³/mol. The molecule has 0 radical (unpaired) electrons. The second-order valence-corrected chi connectivity index (χ2v) is 5.07. The molecule has 4 nitrogen and oxygen atoms in total. The van der Waals surface area contributed by atoms with Gasteiger partial charge in [0.25, 0.3) is 0 Å². The minimum absolute atomic E-state index is 0.0586. The molecule has 1 atom stereocenters. The molecule has 1 saturated carbocycles. The maximum Gasteiger partial charge on any atom is 0.0670 e. The van der Waals surface area contributed by atoms with Gasteiger partial charge in [0.05, 0.1) is 5.69 Å². The zero-order valence-electron chi connectivity index (χ0n) is 10.3. The Kier molecular flexibility index (Phi) is 2.80. The van der Waals surface area contributed by atoms with Gasteiger partial charge < -0.3 is 0 Å². The number of benzene rings is 1. The van der Waals surface area contributed by atoms with E-state index in [1.165, 1.54) is 24.1 Å². The van der Waals surface area contributed by atoms with E-state index in [4.69, 9.17) is 10.5 Å². The summed E-state index contributed by atoms with van der Waals surface area (Å²) < 4.78 is 0. The summed E-state index contributed by atoms with van der Waals surface area (Å²) in [5.41, 5.74) is 12.3. The fourth-order valence-corrected chi connectivity index (χ4v) is 3.37. The van der Waals surface area contributed by atoms with Crippen LogP contribution in [0.4, 0.5) is 5.69 Å². The highest BCUT2D eigenvalue weighted by atomic mass is 15.1. The summed E-state index contributed by atoms with van der Waals surface area (Å²) in [6.45, 7) is 0.559. The highest BCUT2D eigenvalue weighted by Crippen LogP contribution is 2.49. The van der Waals surface area contributed by atoms with Crippen LogP contribution in [0.15, 0.2) is 34.4 Å². The first-order valence-electron chi connectivity index (χ1n) is 6.55. The standard InChI is InChI=1S/C14H16N4/c15-18-16-10-9-14-8-4-3-7-13(14)17-12-6-2-1-5-11(12)14/h1-2,5-6H,3-4,7-10H2. The molecule has 1 unspecified atom stereocenters. The first kappa shape index (κ1) is 11.3. The summed E-state index contributed by atoms with van der Waals surface area (Å²) in [7, 11) is 0. The molecule has 4 heteroatoms. The number of hydrogen-bond acceptors (Lipinski definition) is 2. The topological polar surface area (TPSA) is 61.1 Å². The molecule has 1 aromatic rings. The van der Waals surface area contributed by atoms with Gasteiger partial charge in [-0.2, -0.15) is 0 Å². The normalized spacial score (nSPS) is 24.8. The van der Waals surface area contributed by atoms with Crippen LogP contribution in [0.25, 0.3) is 10.4 Å². The third-order valence-corrected chi connectivity index (χ3v) is 4.20. The van der Waals surface area contributed by atoms with Crippen LogP contribution in [0, 0.1) is 0 Å². The van der Waals surface area contributed by atoms with Crippen molar-refractivity contribution >= 4 is 11.4 Å². The van der Waals surface area contributed by atoms with E-state index in [0.717, 1.165) is 24.9 Å². The smallest absolute Gasteiger partial charge is 0.0670 e. The number of hydrogen-bond donors (Lipinski definition) is 0. The van der Waals surface area contributed by atoms with E-state index in [1.54, 1.807) is 0 Å². The molecule has 0 saturated heterocycles. The van der Waals surface area contributed by atoms with E-state index < -0.39 is 0 Å². The summed E-state index contributed by atoms with van der Waals surface area (Å²) in [6.07, 6.45) is 5.60. The number of rotatable bonds is 3. The second kappa shape index (κ2) is 4.46. The predicted octanol–water partition coefficient (Wildman–Crippen LogP) is 4.28. The van der Waals surface area contributed by atoms with Crippen LogP contribution >= 0.6 is 0 Å². The van der Waals surface area contributed by atoms with Gasteiger partial charge in [0, 0.05) is 22.6 Å². The number of aliphatic imine (C=N–C) groups is 1. The molecule has 1 fully saturated rings. The second-order valence-electron chi connectivity index (χ2n) is 5.07. The molecule has 0 bridgehead atoms. The Hall–Kier alpha value is -1.80. The van der Waals surface area contributed by atoms with Gasteiger partial charge in [0.2, 0.25) is 0 Å². The fraction of sp³-hybridized carbons (Fsp3) is 0.500. The van der Waals surface area contributed by atoms with E-state index in [-0.39, 0.29) is 5.41 Å². The van der Waals surface area contributed by atoms with Crippen LogP contribution in [0.3, 0.4) is 0 Å². The average molecular weight is 240 g/mol. The molecule has 2 aliphatic rings. The van der Waals surface area contributed by atoms with E-state index in [9.17, 15) is 0 Å². The Morgan fingerprint density at radius 2 is 2.22 bits per heavy atom. The zero-order valence-corrected chi connectivity index (χ0v) is 10.3. The minimum Gasteiger partial charge on any atom is -0.257 e. The van der Waals surface area contributed by atoms with Crippen LogP contribution in [0.2, 0.25) is 0 Å². The minimum atomic E-state index is 0.0586. The van der Waals surface area contributed by atoms with Gasteiger partial charge in [-0.05, 0) is 42.8 Å². The van der Waals surface area contributed by atoms with E-state index in [2.05, 4.69) is 28.2 Å². The largest absolute Gasteiger partial charge is 0.257 e. The Balaban J connectivity index is 2.01. The lowest BCUT2D eigenvalue weighted by Gasteiger charge is -2.35. The summed E-state index contributed by atoms with van der Waals surface area (Å²) in [6, 6.07) is 8.41. The Morgan fingerprint density at radius 3 is 3.11 bits per heavy atom. The first-order valence-corrected chi connectivity index (χ1v) is 6.55. The lowest BCUT2D eigenvalue weighted by Crippen LogP contribution is -2.36. The Labute approximate surface area is 106 Å². The molecule has 1 aliphatic carbocycles. The first-order chi connectivity index (χ1) is 8.87. The van der Waals surface area contributed by atoms with Crippen molar-refractivity contribution in [2.24, 2.45) is 10.1 Å². The molecule has 1 aliphatic heterocycles. The summed E-state index contributed by atoms with van der Waals surface area (Å²) in [5.74, 6) is 0. The molecule has 0 aromatic heterocycles. The third kappa shape index (κ3) is 1.61. The van der Waals surface area contributed by atoms with Gasteiger partial charge in [-0.25, -0.2) is 0 Å². The molecule has 3 rings (SSSR count). The Bertz CT molecular complexity index is 542. The van der Waals surface area contributed by atoms with Crippen molar-refractivity contribution in [1.82, 2.24) is 0 Å². The van der Waals surface area contributed by atoms with Crippen molar-refractivity contribution in [1.29, 1.82) is 0 Å². The fourth-order valence-electron chi connectivity index (χ4n) is 3.37. The van der Waals surface area contributed by atoms with Gasteiger partial charge in [-0.3, -0.25) is 4.99 Å². The molecular formula is C14H16N4. The van der Waals surface area contributed by atoms with Gasteiger partial charge in [-0.15, -0.1) is 0 Å². The maximum absolute atomic E-state index is 8.46. The van der Waals surface area contributed by atoms with E-state index in [0.29, 0.717) is 6.54 Å². The van der Waals surface area contributed by atoms with Gasteiger partial charge in [0.1, 0.15) is 0 Å². The third-order valence-electron chi connectivity index (χ3n) is 4.20. The number of nitrogens with zero attached hydrogens (tertiary/aromatic N) is 4. The van der Waals surface area contributed by atoms with Crippen molar-refractivity contribution in [3.05, 3.63) is 40.3 Å². The number of azide groups is 1. The van der Waals surface area contributed by atoms with Crippen molar-refractivity contribution in [2.75, 3.05) is 6.54 Å². The quantitative estimate of drug-likeness (QED) is 0.430. The maximum atomic E-state index is 8.46. The molecule has 92 valence electrons. The number of fused-ring (bicyclic) bond motifs is 3. The van der Waals surface area contributed by atoms with E-state index >= 15 is 0 Å². The van der Waals surface area contributed by atoms with Gasteiger partial charge >= 0.3 is 0 Å². The SMILES string of the molecule is [N-]=[N+]=NCCC12CCCCC1=Nc1ccccc12. The van der Waals surface area contributed by atoms with Gasteiger partial charge in [-0.1, -0.05) is 29.7 Å². The van der Waals surface area contributed by atoms with Gasteiger partial charge in [0.15, 0.2) is 0 Å². The van der Waals surface area contributed by atoms with E-state index in [1.807, 2.05) is 6.07 Å². The molecule has 1 heterocycles. The van der Waals surface area contributed by atoms with Crippen LogP contribution < -0.4 is 0 Å². The summed E-state index contributed by atoms with van der Waals surface area (Å²) in [5, 5.41) is 3.72. The van der Waals surface area contributed by atoms with Crippen LogP contribution in [-0.2, 0) is 5.41 Å². The van der Waals surface area contributed by atoms with Crippen molar-refractivity contribution in [3.63, 3.8) is 0 Å². The van der Waals surface area contributed by atoms with Crippen LogP contribution in [0.1, 0.15) is 37.7 Å². The lowest BCUT2D eigenvalue weighted by molar-refractivity contribution is 0.439. The average Bonchev–Trinajstić information content (AvgIpc) is 2.74. The van der Waals surface area contributed by atoms with Crippen molar-refractivity contribution in [2.45, 2.75) is 37.5 Å². The molecule has 0 N–H and O–H groups in total. The Morgan fingerprint density at radius 1 is 1.33 bits per heavy atom. The molecule has 0 spiro atoms. The molecule has 1 aromatic carbocycles. The lowest BCUT2D eigenvalue weighted by atomic mass is 9.67. The van der Waals surface area contributed by atoms with Crippen LogP contribution in [-0.4, -0.2) is 12.3 Å². The highest BCUT2D eigenvalue weighted by Gasteiger charge is 2.43. The molecule has 0 amide bonds. The monoisotopic (exact) mass is 240 g/mol. The van der Waals surface area contributed by atoms with Crippen molar-refractivity contribution < 1.29 is 0 Å². The molecular weight excluding hydrogens is 224 g/mol. The number of para-hydroxylation sites is 1. The van der Waals surface area contributed by atoms with Crippen molar-refractivity contribution in [3.8, 4) is 0 Å². The van der Waals surface area contributed by atoms with Crippen LogP contribution in [0.5, 0.6) is 0 Å².